The van der Waals surface area contributed by atoms with Gasteiger partial charge in [0.15, 0.2) is 5.16 Å². The number of thioether (sulfide) groups is 1. The van der Waals surface area contributed by atoms with Crippen molar-refractivity contribution in [3.8, 4) is 0 Å². The molecule has 0 unspecified atom stereocenters. The van der Waals surface area contributed by atoms with Crippen molar-refractivity contribution in [2.45, 2.75) is 50.6 Å². The summed E-state index contributed by atoms with van der Waals surface area (Å²) < 4.78 is 0. The average molecular weight is 275 g/mol. The highest BCUT2D eigenvalue weighted by Gasteiger charge is 2.02. The molecule has 0 spiro atoms. The van der Waals surface area contributed by atoms with E-state index in [0.29, 0.717) is 5.16 Å². The van der Waals surface area contributed by atoms with Crippen LogP contribution in [-0.2, 0) is 0 Å². The molecule has 1 aromatic rings. The van der Waals surface area contributed by atoms with Crippen LogP contribution in [0.15, 0.2) is 5.16 Å². The maximum atomic E-state index is 5.69. The summed E-state index contributed by atoms with van der Waals surface area (Å²) in [5, 5.41) is 0.791. The van der Waals surface area contributed by atoms with Gasteiger partial charge >= 0.3 is 0 Å². The molecule has 0 aromatic carbocycles. The number of hydrogen-bond acceptors (Lipinski definition) is 5. The first-order valence-electron chi connectivity index (χ1n) is 6.02. The Bertz CT molecular complexity index is 315. The van der Waals surface area contributed by atoms with Crippen molar-refractivity contribution in [3.05, 3.63) is 5.28 Å². The predicted octanol–water partition coefficient (Wildman–Crippen LogP) is 3.56. The fourth-order valence-corrected chi connectivity index (χ4v) is 2.51. The summed E-state index contributed by atoms with van der Waals surface area (Å²) in [4.78, 5) is 11.7. The summed E-state index contributed by atoms with van der Waals surface area (Å²) in [6, 6.07) is 0. The second-order valence-corrected chi connectivity index (χ2v) is 5.26. The molecule has 1 heterocycles. The third-order valence-corrected chi connectivity index (χ3v) is 3.44. The lowest BCUT2D eigenvalue weighted by Crippen LogP contribution is -1.99. The lowest BCUT2D eigenvalue weighted by Gasteiger charge is -2.01. The van der Waals surface area contributed by atoms with Crippen LogP contribution in [0.1, 0.15) is 45.4 Å². The highest BCUT2D eigenvalue weighted by atomic mass is 35.5. The predicted molar refractivity (Wildman–Crippen MR) is 73.3 cm³/mol. The Morgan fingerprint density at radius 1 is 1.06 bits per heavy atom. The third-order valence-electron chi connectivity index (χ3n) is 2.33. The maximum absolute atomic E-state index is 5.69. The molecule has 6 heteroatoms. The molecule has 0 radical (unpaired) electrons. The van der Waals surface area contributed by atoms with E-state index in [0.717, 1.165) is 5.75 Å². The summed E-state index contributed by atoms with van der Waals surface area (Å²) >= 11 is 7.28. The lowest BCUT2D eigenvalue weighted by atomic mass is 10.1. The highest BCUT2D eigenvalue weighted by Crippen LogP contribution is 2.17. The van der Waals surface area contributed by atoms with Crippen LogP contribution in [0.2, 0.25) is 5.28 Å². The summed E-state index contributed by atoms with van der Waals surface area (Å²) in [7, 11) is 0. The number of rotatable bonds is 8. The van der Waals surface area contributed by atoms with Crippen LogP contribution in [0.5, 0.6) is 0 Å². The molecule has 0 saturated heterocycles. The lowest BCUT2D eigenvalue weighted by molar-refractivity contribution is 0.626. The molecule has 0 aliphatic heterocycles. The van der Waals surface area contributed by atoms with Gasteiger partial charge in [0.25, 0.3) is 0 Å². The first-order chi connectivity index (χ1) is 8.22. The molecule has 1 aromatic heterocycles. The highest BCUT2D eigenvalue weighted by molar-refractivity contribution is 7.99. The van der Waals surface area contributed by atoms with Gasteiger partial charge in [0.1, 0.15) is 0 Å². The van der Waals surface area contributed by atoms with E-state index in [4.69, 9.17) is 17.3 Å². The van der Waals surface area contributed by atoms with Gasteiger partial charge < -0.3 is 5.73 Å². The Morgan fingerprint density at radius 2 is 1.76 bits per heavy atom. The molecule has 0 fully saturated rings. The fraction of sp³-hybridized carbons (Fsp3) is 0.727. The van der Waals surface area contributed by atoms with Gasteiger partial charge in [-0.05, 0) is 18.0 Å². The molecule has 0 bridgehead atoms. The molecule has 0 aliphatic rings. The molecule has 0 atom stereocenters. The van der Waals surface area contributed by atoms with Gasteiger partial charge in [-0.3, -0.25) is 0 Å². The van der Waals surface area contributed by atoms with E-state index in [2.05, 4.69) is 21.9 Å². The zero-order valence-electron chi connectivity index (χ0n) is 10.2. The van der Waals surface area contributed by atoms with Crippen LogP contribution >= 0.6 is 23.4 Å². The Balaban J connectivity index is 2.13. The monoisotopic (exact) mass is 274 g/mol. The van der Waals surface area contributed by atoms with E-state index in [1.165, 1.54) is 38.5 Å². The zero-order valence-corrected chi connectivity index (χ0v) is 11.7. The molecule has 17 heavy (non-hydrogen) atoms. The van der Waals surface area contributed by atoms with Crippen molar-refractivity contribution >= 4 is 29.3 Å². The SMILES string of the molecule is CCCCCCCCSc1nc(N)nc(Cl)n1. The number of nitrogen functional groups attached to an aromatic ring is 1. The molecule has 2 N–H and O–H groups in total. The number of nitrogens with two attached hydrogens (primary N) is 1. The van der Waals surface area contributed by atoms with E-state index < -0.39 is 0 Å². The van der Waals surface area contributed by atoms with Crippen LogP contribution in [0, 0.1) is 0 Å². The summed E-state index contributed by atoms with van der Waals surface area (Å²) in [5.74, 6) is 1.20. The first kappa shape index (κ1) is 14.5. The van der Waals surface area contributed by atoms with Gasteiger partial charge in [-0.2, -0.15) is 15.0 Å². The number of unbranched alkanes of at least 4 members (excludes halogenated alkanes) is 5. The minimum absolute atomic E-state index is 0.169. The van der Waals surface area contributed by atoms with Gasteiger partial charge in [0.2, 0.25) is 11.2 Å². The van der Waals surface area contributed by atoms with Crippen LogP contribution in [-0.4, -0.2) is 20.7 Å². The van der Waals surface area contributed by atoms with Crippen LogP contribution < -0.4 is 5.73 Å². The molecular weight excluding hydrogens is 256 g/mol. The largest absolute Gasteiger partial charge is 0.368 e. The third kappa shape index (κ3) is 6.68. The summed E-state index contributed by atoms with van der Waals surface area (Å²) in [6.45, 7) is 2.23. The van der Waals surface area contributed by atoms with Gasteiger partial charge in [-0.1, -0.05) is 50.8 Å². The van der Waals surface area contributed by atoms with Crippen LogP contribution in [0.25, 0.3) is 0 Å². The number of halogens is 1. The number of aromatic nitrogens is 3. The molecule has 0 saturated carbocycles. The Morgan fingerprint density at radius 3 is 2.47 bits per heavy atom. The van der Waals surface area contributed by atoms with Gasteiger partial charge in [0.05, 0.1) is 0 Å². The van der Waals surface area contributed by atoms with Crippen LogP contribution in [0.4, 0.5) is 5.95 Å². The van der Waals surface area contributed by atoms with Crippen molar-refractivity contribution in [3.63, 3.8) is 0 Å². The van der Waals surface area contributed by atoms with Crippen molar-refractivity contribution in [1.82, 2.24) is 15.0 Å². The molecular formula is C11H19ClN4S. The Labute approximate surface area is 112 Å². The molecule has 4 nitrogen and oxygen atoms in total. The van der Waals surface area contributed by atoms with Crippen molar-refractivity contribution in [2.24, 2.45) is 0 Å². The van der Waals surface area contributed by atoms with E-state index in [-0.39, 0.29) is 11.2 Å². The quantitative estimate of drug-likeness (QED) is 0.580. The first-order valence-corrected chi connectivity index (χ1v) is 7.38. The van der Waals surface area contributed by atoms with Crippen molar-refractivity contribution in [2.75, 3.05) is 11.5 Å². The maximum Gasteiger partial charge on any atom is 0.228 e. The Hall–Kier alpha value is -0.550. The van der Waals surface area contributed by atoms with E-state index in [1.54, 1.807) is 11.8 Å². The zero-order chi connectivity index (χ0) is 12.5. The van der Waals surface area contributed by atoms with E-state index in [9.17, 15) is 0 Å². The van der Waals surface area contributed by atoms with Crippen LogP contribution in [0.3, 0.4) is 0 Å². The summed E-state index contributed by atoms with van der Waals surface area (Å²) in [5.41, 5.74) is 5.48. The second-order valence-electron chi connectivity index (χ2n) is 3.86. The number of nitrogens with zero attached hydrogens (tertiary/aromatic N) is 3. The molecule has 96 valence electrons. The Kier molecular flexibility index (Phi) is 7.28. The van der Waals surface area contributed by atoms with Gasteiger partial charge in [-0.25, -0.2) is 0 Å². The average Bonchev–Trinajstić information content (AvgIpc) is 2.26. The topological polar surface area (TPSA) is 64.7 Å². The van der Waals surface area contributed by atoms with Crippen molar-refractivity contribution < 1.29 is 0 Å². The number of hydrogen-bond donors (Lipinski definition) is 1. The second kappa shape index (κ2) is 8.53. The number of anilines is 1. The van der Waals surface area contributed by atoms with E-state index >= 15 is 0 Å². The summed E-state index contributed by atoms with van der Waals surface area (Å²) in [6.07, 6.45) is 7.73. The molecule has 1 rings (SSSR count). The normalized spacial score (nSPS) is 10.7. The molecule has 0 aliphatic carbocycles. The minimum atomic E-state index is 0.169. The minimum Gasteiger partial charge on any atom is -0.368 e. The van der Waals surface area contributed by atoms with Crippen molar-refractivity contribution in [1.29, 1.82) is 0 Å². The fourth-order valence-electron chi connectivity index (χ4n) is 1.46. The van der Waals surface area contributed by atoms with E-state index in [1.807, 2.05) is 0 Å². The van der Waals surface area contributed by atoms with Gasteiger partial charge in [-0.15, -0.1) is 0 Å². The molecule has 0 amide bonds. The smallest absolute Gasteiger partial charge is 0.228 e. The standard InChI is InChI=1S/C11H19ClN4S/c1-2-3-4-5-6-7-8-17-11-15-9(12)14-10(13)16-11/h2-8H2,1H3,(H2,13,14,15,16). The van der Waals surface area contributed by atoms with Gasteiger partial charge in [0, 0.05) is 5.75 Å².